The largest absolute Gasteiger partial charge is 0.336 e. The van der Waals surface area contributed by atoms with E-state index in [1.165, 1.54) is 6.92 Å². The van der Waals surface area contributed by atoms with E-state index in [-0.39, 0.29) is 16.9 Å². The van der Waals surface area contributed by atoms with Crippen molar-refractivity contribution < 1.29 is 17.2 Å². The molecule has 0 aromatic heterocycles. The Morgan fingerprint density at radius 3 is 2.39 bits per heavy atom. The molecule has 0 radical (unpaired) electrons. The van der Waals surface area contributed by atoms with Crippen molar-refractivity contribution in [2.75, 3.05) is 11.4 Å². The Morgan fingerprint density at radius 1 is 1.11 bits per heavy atom. The Balaban J connectivity index is 1.81. The van der Waals surface area contributed by atoms with Gasteiger partial charge in [0.25, 0.3) is 0 Å². The lowest BCUT2D eigenvalue weighted by molar-refractivity contribution is 0.565. The minimum atomic E-state index is -3.57. The van der Waals surface area contributed by atoms with Gasteiger partial charge in [0.1, 0.15) is 11.6 Å². The number of sulfone groups is 1. The first-order chi connectivity index (χ1) is 13.2. The number of anilines is 1. The second-order valence-corrected chi connectivity index (χ2v) is 10.1. The fraction of sp³-hybridized carbons (Fsp3) is 0.333. The van der Waals surface area contributed by atoms with Crippen LogP contribution in [0.5, 0.6) is 0 Å². The van der Waals surface area contributed by atoms with Crippen LogP contribution in [0.15, 0.2) is 41.9 Å². The van der Waals surface area contributed by atoms with Crippen molar-refractivity contribution in [3.63, 3.8) is 0 Å². The van der Waals surface area contributed by atoms with Crippen LogP contribution in [0.3, 0.4) is 0 Å². The minimum absolute atomic E-state index is 0.105. The second kappa shape index (κ2) is 8.25. The lowest BCUT2D eigenvalue weighted by atomic mass is 10.1. The van der Waals surface area contributed by atoms with Gasteiger partial charge in [0.2, 0.25) is 0 Å². The van der Waals surface area contributed by atoms with E-state index >= 15 is 0 Å². The predicted octanol–water partition coefficient (Wildman–Crippen LogP) is 5.32. The van der Waals surface area contributed by atoms with Crippen LogP contribution in [-0.4, -0.2) is 15.0 Å². The summed E-state index contributed by atoms with van der Waals surface area (Å²) < 4.78 is 52.6. The smallest absolute Gasteiger partial charge is 0.158 e. The first-order valence-electron chi connectivity index (χ1n) is 9.06. The third-order valence-electron chi connectivity index (χ3n) is 4.69. The van der Waals surface area contributed by atoms with E-state index in [1.54, 1.807) is 17.8 Å². The van der Waals surface area contributed by atoms with Crippen molar-refractivity contribution in [1.82, 2.24) is 0 Å². The van der Waals surface area contributed by atoms with Crippen LogP contribution in [0.2, 0.25) is 0 Å². The molecule has 0 unspecified atom stereocenters. The van der Waals surface area contributed by atoms with Gasteiger partial charge in [-0.15, -0.1) is 11.8 Å². The summed E-state index contributed by atoms with van der Waals surface area (Å²) in [6.45, 7) is 8.38. The Labute approximate surface area is 169 Å². The molecule has 0 bridgehead atoms. The number of rotatable bonds is 6. The molecule has 0 fully saturated rings. The lowest BCUT2D eigenvalue weighted by Crippen LogP contribution is -2.25. The van der Waals surface area contributed by atoms with Crippen molar-refractivity contribution in [3.05, 3.63) is 75.8 Å². The molecule has 28 heavy (non-hydrogen) atoms. The first kappa shape index (κ1) is 20.9. The third-order valence-corrected chi connectivity index (χ3v) is 7.25. The fourth-order valence-electron chi connectivity index (χ4n) is 3.29. The molecule has 0 N–H and O–H groups in total. The number of halogens is 2. The van der Waals surface area contributed by atoms with E-state index in [2.05, 4.69) is 18.4 Å². The summed E-state index contributed by atoms with van der Waals surface area (Å²) >= 11 is 1.64. The van der Waals surface area contributed by atoms with E-state index in [0.29, 0.717) is 5.56 Å². The fourth-order valence-corrected chi connectivity index (χ4v) is 5.65. The number of thioether (sulfide) groups is 1. The monoisotopic (exact) mass is 423 g/mol. The number of nitrogens with zero attached hydrogens (tertiary/aromatic N) is 1. The maximum Gasteiger partial charge on any atom is 0.158 e. The van der Waals surface area contributed by atoms with Crippen molar-refractivity contribution in [2.45, 2.75) is 37.5 Å². The second-order valence-electron chi connectivity index (χ2n) is 7.01. The molecule has 0 spiro atoms. The molecular formula is C21H23F2NO2S2. The molecule has 0 saturated carbocycles. The van der Waals surface area contributed by atoms with Gasteiger partial charge >= 0.3 is 0 Å². The van der Waals surface area contributed by atoms with Gasteiger partial charge in [-0.05, 0) is 48.2 Å². The minimum Gasteiger partial charge on any atom is -0.336 e. The molecule has 2 aromatic rings. The van der Waals surface area contributed by atoms with Gasteiger partial charge < -0.3 is 4.90 Å². The van der Waals surface area contributed by atoms with Crippen LogP contribution in [0.25, 0.3) is 0 Å². The predicted molar refractivity (Wildman–Crippen MR) is 112 cm³/mol. The average Bonchev–Trinajstić information content (AvgIpc) is 2.61. The molecule has 150 valence electrons. The van der Waals surface area contributed by atoms with Gasteiger partial charge in [0.15, 0.2) is 9.84 Å². The highest BCUT2D eigenvalue weighted by molar-refractivity contribution is 8.02. The van der Waals surface area contributed by atoms with Gasteiger partial charge in [-0.2, -0.15) is 0 Å². The Kier molecular flexibility index (Phi) is 6.15. The number of hydrogen-bond donors (Lipinski definition) is 0. The molecule has 0 aliphatic carbocycles. The molecule has 7 heteroatoms. The summed E-state index contributed by atoms with van der Waals surface area (Å²) in [6, 6.07) is 7.83. The quantitative estimate of drug-likeness (QED) is 0.630. The van der Waals surface area contributed by atoms with Crippen LogP contribution in [-0.2, 0) is 27.1 Å². The van der Waals surface area contributed by atoms with Crippen LogP contribution >= 0.6 is 11.8 Å². The van der Waals surface area contributed by atoms with Gasteiger partial charge in [-0.1, -0.05) is 25.6 Å². The average molecular weight is 424 g/mol. The molecule has 3 nitrogen and oxygen atoms in total. The van der Waals surface area contributed by atoms with Crippen LogP contribution in [0, 0.1) is 18.6 Å². The van der Waals surface area contributed by atoms with Crippen LogP contribution in [0.1, 0.15) is 35.6 Å². The zero-order valence-electron chi connectivity index (χ0n) is 16.0. The zero-order chi connectivity index (χ0) is 20.5. The summed E-state index contributed by atoms with van der Waals surface area (Å²) in [6.07, 6.45) is 0.985. The van der Waals surface area contributed by atoms with E-state index in [0.717, 1.165) is 47.1 Å². The van der Waals surface area contributed by atoms with Crippen molar-refractivity contribution in [2.24, 2.45) is 0 Å². The number of fused-ring (bicyclic) bond motifs is 1. The summed E-state index contributed by atoms with van der Waals surface area (Å²) in [5, 5.41) is 0.998. The molecule has 1 aliphatic rings. The van der Waals surface area contributed by atoms with Crippen molar-refractivity contribution in [3.8, 4) is 0 Å². The van der Waals surface area contributed by atoms with Gasteiger partial charge in [0, 0.05) is 23.5 Å². The first-order valence-corrected chi connectivity index (χ1v) is 11.9. The number of benzene rings is 2. The molecule has 1 heterocycles. The highest BCUT2D eigenvalue weighted by Crippen LogP contribution is 2.38. The molecule has 3 rings (SSSR count). The highest BCUT2D eigenvalue weighted by Gasteiger charge is 2.22. The highest BCUT2D eigenvalue weighted by atomic mass is 32.2. The van der Waals surface area contributed by atoms with E-state index in [9.17, 15) is 17.2 Å². The maximum absolute atomic E-state index is 13.7. The van der Waals surface area contributed by atoms with Gasteiger partial charge in [-0.25, -0.2) is 17.2 Å². The van der Waals surface area contributed by atoms with E-state index in [1.807, 2.05) is 12.1 Å². The molecule has 0 amide bonds. The van der Waals surface area contributed by atoms with Gasteiger partial charge in [-0.3, -0.25) is 0 Å². The number of hydrogen-bond acceptors (Lipinski definition) is 4. The molecule has 0 atom stereocenters. The van der Waals surface area contributed by atoms with E-state index < -0.39 is 27.2 Å². The van der Waals surface area contributed by atoms with Crippen molar-refractivity contribution in [1.29, 1.82) is 0 Å². The summed E-state index contributed by atoms with van der Waals surface area (Å²) in [5.74, 6) is -1.28. The molecular weight excluding hydrogens is 400 g/mol. The van der Waals surface area contributed by atoms with Crippen LogP contribution in [0.4, 0.5) is 14.5 Å². The third kappa shape index (κ3) is 4.58. The Morgan fingerprint density at radius 2 is 1.75 bits per heavy atom. The topological polar surface area (TPSA) is 37.4 Å². The summed E-state index contributed by atoms with van der Waals surface area (Å²) in [5.41, 5.74) is 2.84. The summed E-state index contributed by atoms with van der Waals surface area (Å²) in [4.78, 5) is 2.15. The zero-order valence-corrected chi connectivity index (χ0v) is 17.6. The van der Waals surface area contributed by atoms with E-state index in [4.69, 9.17) is 0 Å². The van der Waals surface area contributed by atoms with Crippen LogP contribution < -0.4 is 4.90 Å². The SMILES string of the molecule is C=C1SCc2cc(CS(=O)(=O)Cc3cc(F)c(C)c(F)c3)ccc2N1CCC. The Hall–Kier alpha value is -1.86. The van der Waals surface area contributed by atoms with Crippen molar-refractivity contribution >= 4 is 27.3 Å². The molecule has 1 aliphatic heterocycles. The molecule has 2 aromatic carbocycles. The lowest BCUT2D eigenvalue weighted by Gasteiger charge is -2.32. The maximum atomic E-state index is 13.7. The Bertz CT molecular complexity index is 996. The normalized spacial score (nSPS) is 14.3. The van der Waals surface area contributed by atoms with Gasteiger partial charge in [0.05, 0.1) is 16.5 Å². The molecule has 0 saturated heterocycles. The standard InChI is InChI=1S/C21H23F2NO2S2/c1-4-7-24-15(3)27-11-18-8-16(5-6-21(18)24)12-28(25,26)13-17-9-19(22)14(2)20(23)10-17/h5-6,8-10H,3-4,7,11-13H2,1-2H3. The summed E-state index contributed by atoms with van der Waals surface area (Å²) in [7, 11) is -3.57.